The Morgan fingerprint density at radius 1 is 1.26 bits per heavy atom. The van der Waals surface area contributed by atoms with Crippen molar-refractivity contribution in [2.45, 2.75) is 45.1 Å². The average Bonchev–Trinajstić information content (AvgIpc) is 2.78. The highest BCUT2D eigenvalue weighted by Crippen LogP contribution is 2.34. The highest BCUT2D eigenvalue weighted by atomic mass is 35.5. The summed E-state index contributed by atoms with van der Waals surface area (Å²) in [5, 5.41) is 1.49. The van der Waals surface area contributed by atoms with Gasteiger partial charge in [0.05, 0.1) is 5.39 Å². The van der Waals surface area contributed by atoms with Gasteiger partial charge in [0.1, 0.15) is 10.6 Å². The molecular weight excluding hydrogens is 278 g/mol. The fraction of sp³-hybridized carbons (Fsp3) is 0.571. The summed E-state index contributed by atoms with van der Waals surface area (Å²) in [6, 6.07) is 2.76. The highest BCUT2D eigenvalue weighted by molar-refractivity contribution is 7.18. The van der Waals surface area contributed by atoms with Gasteiger partial charge >= 0.3 is 0 Å². The number of anilines is 1. The number of hydrogen-bond acceptors (Lipinski definition) is 4. The van der Waals surface area contributed by atoms with Crippen LogP contribution in [0.25, 0.3) is 10.2 Å². The van der Waals surface area contributed by atoms with Crippen LogP contribution in [0.5, 0.6) is 0 Å². The van der Waals surface area contributed by atoms with Crippen molar-refractivity contribution < 1.29 is 0 Å². The minimum absolute atomic E-state index is 0.354. The van der Waals surface area contributed by atoms with E-state index in [1.807, 2.05) is 0 Å². The molecule has 2 heterocycles. The van der Waals surface area contributed by atoms with Gasteiger partial charge in [-0.3, -0.25) is 0 Å². The lowest BCUT2D eigenvalue weighted by Crippen LogP contribution is -2.34. The molecule has 1 aliphatic carbocycles. The molecule has 3 rings (SSSR count). The molecule has 3 nitrogen and oxygen atoms in total. The molecule has 0 spiro atoms. The van der Waals surface area contributed by atoms with E-state index in [0.29, 0.717) is 11.3 Å². The predicted octanol–water partition coefficient (Wildman–Crippen LogP) is 4.42. The molecule has 5 heteroatoms. The Bertz CT molecular complexity index is 590. The maximum atomic E-state index is 6.07. The van der Waals surface area contributed by atoms with Crippen LogP contribution < -0.4 is 4.90 Å². The van der Waals surface area contributed by atoms with Crippen LogP contribution in [-0.4, -0.2) is 23.1 Å². The van der Waals surface area contributed by atoms with Crippen LogP contribution in [0.2, 0.25) is 5.28 Å². The molecule has 1 fully saturated rings. The number of halogens is 1. The monoisotopic (exact) mass is 295 g/mol. The quantitative estimate of drug-likeness (QED) is 0.768. The van der Waals surface area contributed by atoms with E-state index in [4.69, 9.17) is 11.6 Å². The summed E-state index contributed by atoms with van der Waals surface area (Å²) in [4.78, 5) is 13.4. The Labute approximate surface area is 122 Å². The minimum Gasteiger partial charge on any atom is -0.356 e. The minimum atomic E-state index is 0.354. The third-order valence-corrected chi connectivity index (χ3v) is 5.04. The lowest BCUT2D eigenvalue weighted by Gasteiger charge is -2.32. The maximum absolute atomic E-state index is 6.07. The van der Waals surface area contributed by atoms with Crippen LogP contribution >= 0.6 is 22.9 Å². The summed E-state index contributed by atoms with van der Waals surface area (Å²) in [5.74, 6) is 0.992. The summed E-state index contributed by atoms with van der Waals surface area (Å²) in [7, 11) is 2.14. The van der Waals surface area contributed by atoms with Crippen molar-refractivity contribution in [1.29, 1.82) is 0 Å². The van der Waals surface area contributed by atoms with E-state index < -0.39 is 0 Å². The second kappa shape index (κ2) is 5.25. The van der Waals surface area contributed by atoms with Crippen LogP contribution in [0.1, 0.15) is 37.0 Å². The second-order valence-electron chi connectivity index (χ2n) is 5.29. The van der Waals surface area contributed by atoms with Crippen LogP contribution in [0.4, 0.5) is 5.82 Å². The zero-order chi connectivity index (χ0) is 13.4. The number of rotatable bonds is 2. The number of nitrogens with zero attached hydrogens (tertiary/aromatic N) is 3. The zero-order valence-electron chi connectivity index (χ0n) is 11.3. The fourth-order valence-electron chi connectivity index (χ4n) is 2.91. The van der Waals surface area contributed by atoms with Gasteiger partial charge in [-0.1, -0.05) is 19.3 Å². The first-order chi connectivity index (χ1) is 9.15. The third-order valence-electron chi connectivity index (χ3n) is 3.93. The Hall–Kier alpha value is -0.870. The highest BCUT2D eigenvalue weighted by Gasteiger charge is 2.22. The Morgan fingerprint density at radius 3 is 2.74 bits per heavy atom. The molecule has 0 amide bonds. The van der Waals surface area contributed by atoms with Crippen molar-refractivity contribution in [3.8, 4) is 0 Å². The largest absolute Gasteiger partial charge is 0.356 e. The van der Waals surface area contributed by atoms with Crippen molar-refractivity contribution in [1.82, 2.24) is 9.97 Å². The number of thiophene rings is 1. The SMILES string of the molecule is Cc1cc2c(N(C)C3CCCCC3)nc(Cl)nc2s1. The summed E-state index contributed by atoms with van der Waals surface area (Å²) < 4.78 is 0. The number of aromatic nitrogens is 2. The second-order valence-corrected chi connectivity index (χ2v) is 6.87. The van der Waals surface area contributed by atoms with E-state index in [1.165, 1.54) is 37.0 Å². The van der Waals surface area contributed by atoms with Gasteiger partial charge in [-0.05, 0) is 37.4 Å². The molecule has 102 valence electrons. The van der Waals surface area contributed by atoms with Crippen LogP contribution in [0.3, 0.4) is 0 Å². The van der Waals surface area contributed by atoms with Crippen LogP contribution in [0, 0.1) is 6.92 Å². The van der Waals surface area contributed by atoms with Gasteiger partial charge in [0, 0.05) is 18.0 Å². The molecule has 1 aliphatic rings. The summed E-state index contributed by atoms with van der Waals surface area (Å²) >= 11 is 7.76. The molecule has 2 aromatic rings. The van der Waals surface area contributed by atoms with Crippen LogP contribution in [0.15, 0.2) is 6.07 Å². The van der Waals surface area contributed by atoms with Gasteiger partial charge in [-0.2, -0.15) is 4.98 Å². The average molecular weight is 296 g/mol. The van der Waals surface area contributed by atoms with Gasteiger partial charge in [0.2, 0.25) is 5.28 Å². The smallest absolute Gasteiger partial charge is 0.225 e. The molecule has 0 aromatic carbocycles. The number of fused-ring (bicyclic) bond motifs is 1. The van der Waals surface area contributed by atoms with Crippen LogP contribution in [-0.2, 0) is 0 Å². The first kappa shape index (κ1) is 13.1. The predicted molar refractivity (Wildman–Crippen MR) is 82.4 cm³/mol. The molecule has 0 saturated heterocycles. The molecule has 1 saturated carbocycles. The van der Waals surface area contributed by atoms with Crippen molar-refractivity contribution in [2.75, 3.05) is 11.9 Å². The molecule has 0 N–H and O–H groups in total. The molecule has 19 heavy (non-hydrogen) atoms. The molecular formula is C14H18ClN3S. The fourth-order valence-corrected chi connectivity index (χ4v) is 4.00. The maximum Gasteiger partial charge on any atom is 0.225 e. The Morgan fingerprint density at radius 2 is 2.00 bits per heavy atom. The van der Waals surface area contributed by atoms with Gasteiger partial charge in [0.25, 0.3) is 0 Å². The van der Waals surface area contributed by atoms with Crippen molar-refractivity contribution in [2.24, 2.45) is 0 Å². The standard InChI is InChI=1S/C14H18ClN3S/c1-9-8-11-12(16-14(15)17-13(11)19-9)18(2)10-6-4-3-5-7-10/h8,10H,3-7H2,1-2H3. The Balaban J connectivity index is 2.02. The van der Waals surface area contributed by atoms with Crippen molar-refractivity contribution in [3.05, 3.63) is 16.2 Å². The van der Waals surface area contributed by atoms with E-state index in [9.17, 15) is 0 Å². The summed E-state index contributed by atoms with van der Waals surface area (Å²) in [5.41, 5.74) is 0. The first-order valence-corrected chi connectivity index (χ1v) is 8.01. The number of aryl methyl sites for hydroxylation is 1. The van der Waals surface area contributed by atoms with Crippen molar-refractivity contribution in [3.63, 3.8) is 0 Å². The molecule has 2 aromatic heterocycles. The first-order valence-electron chi connectivity index (χ1n) is 6.81. The summed E-state index contributed by atoms with van der Waals surface area (Å²) in [6.07, 6.45) is 6.51. The molecule has 0 aliphatic heterocycles. The van der Waals surface area contributed by atoms with Gasteiger partial charge in [0.15, 0.2) is 0 Å². The topological polar surface area (TPSA) is 29.0 Å². The van der Waals surface area contributed by atoms with Gasteiger partial charge in [-0.25, -0.2) is 4.98 Å². The van der Waals surface area contributed by atoms with Gasteiger partial charge in [-0.15, -0.1) is 11.3 Å². The lowest BCUT2D eigenvalue weighted by molar-refractivity contribution is 0.426. The van der Waals surface area contributed by atoms with Gasteiger partial charge < -0.3 is 4.90 Å². The van der Waals surface area contributed by atoms with E-state index in [2.05, 4.69) is 34.9 Å². The van der Waals surface area contributed by atoms with E-state index in [1.54, 1.807) is 11.3 Å². The van der Waals surface area contributed by atoms with E-state index in [0.717, 1.165) is 16.0 Å². The van der Waals surface area contributed by atoms with E-state index >= 15 is 0 Å². The summed E-state index contributed by atoms with van der Waals surface area (Å²) in [6.45, 7) is 2.10. The Kier molecular flexibility index (Phi) is 3.63. The lowest BCUT2D eigenvalue weighted by atomic mass is 9.94. The van der Waals surface area contributed by atoms with Crippen molar-refractivity contribution >= 4 is 39.0 Å². The zero-order valence-corrected chi connectivity index (χ0v) is 12.9. The normalized spacial score (nSPS) is 17.0. The molecule has 0 unspecified atom stereocenters. The molecule has 0 bridgehead atoms. The molecule has 0 radical (unpaired) electrons. The third kappa shape index (κ3) is 2.56. The molecule has 0 atom stereocenters. The number of hydrogen-bond donors (Lipinski definition) is 0. The van der Waals surface area contributed by atoms with E-state index in [-0.39, 0.29) is 0 Å².